The number of imide groups is 1. The fourth-order valence-corrected chi connectivity index (χ4v) is 8.23. The molecular formula is C39H45N11O5. The van der Waals surface area contributed by atoms with Crippen molar-refractivity contribution in [3.05, 3.63) is 65.6 Å². The summed E-state index contributed by atoms with van der Waals surface area (Å²) in [7, 11) is 3.52. The quantitative estimate of drug-likeness (QED) is 0.214. The van der Waals surface area contributed by atoms with E-state index in [1.165, 1.54) is 4.90 Å². The lowest BCUT2D eigenvalue weighted by molar-refractivity contribution is -0.137. The smallest absolute Gasteiger partial charge is 0.270 e. The molecule has 55 heavy (non-hydrogen) atoms. The van der Waals surface area contributed by atoms with Crippen molar-refractivity contribution in [2.24, 2.45) is 0 Å². The Hall–Kier alpha value is -6.06. The van der Waals surface area contributed by atoms with E-state index in [2.05, 4.69) is 35.4 Å². The first-order valence-electron chi connectivity index (χ1n) is 18.9. The average molecular weight is 748 g/mol. The highest BCUT2D eigenvalue weighted by Gasteiger charge is 2.40. The van der Waals surface area contributed by atoms with Crippen LogP contribution in [0.1, 0.15) is 77.9 Å². The zero-order valence-corrected chi connectivity index (χ0v) is 31.2. The standard InChI is InChI=1S/C39H45N11O5/c1-23(42-29-10-6-9-27-28(29)22-49(37(27)54)30-12-14-33(51)44-35(30)52)36(53)48-17-15-47(16-18-48)26-11-13-32(40-21-26)43-39-41-20-24-19-31(38(55)46(2)3)50(34(24)45-39)25-7-4-5-8-25/h6,9-11,13,19-21,23,25,30,42H,4-5,7-8,12,14-18,22H2,1-3H3,(H,44,51,52)(H,40,41,43,45)/t23-,30+/m0/s1. The number of carbonyl (C=O) groups is 5. The lowest BCUT2D eigenvalue weighted by Crippen LogP contribution is -2.52. The molecule has 5 amide bonds. The van der Waals surface area contributed by atoms with E-state index in [0.717, 1.165) is 48.0 Å². The lowest BCUT2D eigenvalue weighted by atomic mass is 10.0. The minimum atomic E-state index is -0.706. The van der Waals surface area contributed by atoms with Crippen molar-refractivity contribution in [3.8, 4) is 0 Å². The monoisotopic (exact) mass is 747 g/mol. The van der Waals surface area contributed by atoms with Crippen molar-refractivity contribution in [2.75, 3.05) is 55.8 Å². The van der Waals surface area contributed by atoms with Crippen LogP contribution in [0.5, 0.6) is 0 Å². The summed E-state index contributed by atoms with van der Waals surface area (Å²) in [5.74, 6) is -0.142. The van der Waals surface area contributed by atoms with Gasteiger partial charge in [0.05, 0.1) is 11.9 Å². The lowest BCUT2D eigenvalue weighted by Gasteiger charge is -2.37. The van der Waals surface area contributed by atoms with E-state index in [1.807, 2.05) is 36.1 Å². The predicted molar refractivity (Wildman–Crippen MR) is 205 cm³/mol. The van der Waals surface area contributed by atoms with Gasteiger partial charge in [-0.05, 0) is 56.5 Å². The molecule has 8 rings (SSSR count). The van der Waals surface area contributed by atoms with Crippen LogP contribution in [-0.2, 0) is 20.9 Å². The number of hydrogen-bond donors (Lipinski definition) is 3. The van der Waals surface area contributed by atoms with Crippen LogP contribution in [0.15, 0.2) is 48.8 Å². The van der Waals surface area contributed by atoms with E-state index in [9.17, 15) is 24.0 Å². The first-order valence-corrected chi connectivity index (χ1v) is 18.9. The molecule has 1 saturated carbocycles. The molecule has 2 atom stereocenters. The van der Waals surface area contributed by atoms with Gasteiger partial charge in [-0.25, -0.2) is 9.97 Å². The van der Waals surface area contributed by atoms with Crippen LogP contribution in [0, 0.1) is 0 Å². The van der Waals surface area contributed by atoms with Gasteiger partial charge in [-0.2, -0.15) is 4.98 Å². The number of hydrogen-bond acceptors (Lipinski definition) is 11. The Kier molecular flexibility index (Phi) is 9.57. The highest BCUT2D eigenvalue weighted by atomic mass is 16.2. The molecule has 3 aliphatic heterocycles. The fraction of sp³-hybridized carbons (Fsp3) is 0.436. The summed E-state index contributed by atoms with van der Waals surface area (Å²) in [4.78, 5) is 85.2. The van der Waals surface area contributed by atoms with Crippen LogP contribution in [0.4, 0.5) is 23.1 Å². The van der Waals surface area contributed by atoms with Crippen molar-refractivity contribution in [2.45, 2.75) is 70.1 Å². The maximum atomic E-state index is 13.6. The molecular weight excluding hydrogens is 703 g/mol. The molecule has 6 heterocycles. The number of nitrogens with one attached hydrogen (secondary N) is 3. The largest absolute Gasteiger partial charge is 0.374 e. The number of nitrogens with zero attached hydrogens (tertiary/aromatic N) is 8. The van der Waals surface area contributed by atoms with Crippen LogP contribution in [0.2, 0.25) is 0 Å². The van der Waals surface area contributed by atoms with Gasteiger partial charge in [0.1, 0.15) is 29.2 Å². The van der Waals surface area contributed by atoms with Crippen molar-refractivity contribution >= 4 is 63.7 Å². The van der Waals surface area contributed by atoms with Crippen LogP contribution in [-0.4, -0.2) is 116 Å². The number of piperidine rings is 1. The molecule has 286 valence electrons. The number of anilines is 4. The number of rotatable bonds is 9. The van der Waals surface area contributed by atoms with Crippen LogP contribution in [0.25, 0.3) is 11.0 Å². The second kappa shape index (κ2) is 14.6. The second-order valence-electron chi connectivity index (χ2n) is 14.9. The number of pyridine rings is 1. The normalized spacial score (nSPS) is 19.4. The zero-order chi connectivity index (χ0) is 38.4. The van der Waals surface area contributed by atoms with Gasteiger partial charge in [-0.15, -0.1) is 0 Å². The van der Waals surface area contributed by atoms with Gasteiger partial charge in [0, 0.05) is 87.7 Å². The summed E-state index contributed by atoms with van der Waals surface area (Å²) >= 11 is 0. The number of benzene rings is 1. The molecule has 4 aliphatic rings. The first kappa shape index (κ1) is 35.9. The van der Waals surface area contributed by atoms with Gasteiger partial charge in [-0.3, -0.25) is 29.3 Å². The molecule has 0 spiro atoms. The second-order valence-corrected chi connectivity index (χ2v) is 14.9. The molecule has 16 heteroatoms. The van der Waals surface area contributed by atoms with Gasteiger partial charge < -0.3 is 34.8 Å². The number of amides is 5. The zero-order valence-electron chi connectivity index (χ0n) is 31.2. The van der Waals surface area contributed by atoms with Gasteiger partial charge in [0.2, 0.25) is 23.7 Å². The van der Waals surface area contributed by atoms with Crippen LogP contribution in [0.3, 0.4) is 0 Å². The van der Waals surface area contributed by atoms with Crippen molar-refractivity contribution in [1.82, 2.24) is 39.5 Å². The van der Waals surface area contributed by atoms with E-state index >= 15 is 0 Å². The molecule has 3 aromatic heterocycles. The van der Waals surface area contributed by atoms with Gasteiger partial charge >= 0.3 is 0 Å². The van der Waals surface area contributed by atoms with E-state index in [1.54, 1.807) is 43.5 Å². The van der Waals surface area contributed by atoms with E-state index in [-0.39, 0.29) is 49.1 Å². The molecule has 3 fully saturated rings. The summed E-state index contributed by atoms with van der Waals surface area (Å²) in [5, 5.41) is 9.71. The number of aromatic nitrogens is 4. The fourth-order valence-electron chi connectivity index (χ4n) is 8.23. The highest BCUT2D eigenvalue weighted by Crippen LogP contribution is 2.36. The Balaban J connectivity index is 0.875. The highest BCUT2D eigenvalue weighted by molar-refractivity contribution is 6.06. The average Bonchev–Trinajstić information content (AvgIpc) is 3.93. The molecule has 0 unspecified atom stereocenters. The molecule has 1 aliphatic carbocycles. The summed E-state index contributed by atoms with van der Waals surface area (Å²) in [6.07, 6.45) is 8.30. The first-order chi connectivity index (χ1) is 26.5. The molecule has 3 N–H and O–H groups in total. The Morgan fingerprint density at radius 3 is 2.45 bits per heavy atom. The van der Waals surface area contributed by atoms with E-state index in [4.69, 9.17) is 4.98 Å². The molecule has 4 aromatic rings. The molecule has 16 nitrogen and oxygen atoms in total. The van der Waals surface area contributed by atoms with Crippen molar-refractivity contribution < 1.29 is 24.0 Å². The summed E-state index contributed by atoms with van der Waals surface area (Å²) in [5.41, 5.74) is 4.22. The Morgan fingerprint density at radius 2 is 1.75 bits per heavy atom. The van der Waals surface area contributed by atoms with Crippen LogP contribution < -0.4 is 20.9 Å². The Morgan fingerprint density at radius 1 is 0.964 bits per heavy atom. The third-order valence-electron chi connectivity index (χ3n) is 11.2. The van der Waals surface area contributed by atoms with E-state index in [0.29, 0.717) is 54.9 Å². The third kappa shape index (κ3) is 6.92. The van der Waals surface area contributed by atoms with E-state index < -0.39 is 18.0 Å². The third-order valence-corrected chi connectivity index (χ3v) is 11.2. The number of piperazine rings is 1. The summed E-state index contributed by atoms with van der Waals surface area (Å²) in [6.45, 7) is 4.37. The SMILES string of the molecule is C[C@H](Nc1cccc2c1CN([C@@H]1CCC(=O)NC1=O)C2=O)C(=O)N1CCN(c2ccc(Nc3ncc4cc(C(=O)N(C)C)n(C5CCCC5)c4n3)nc2)CC1. The Labute approximate surface area is 318 Å². The predicted octanol–water partition coefficient (Wildman–Crippen LogP) is 3.30. The molecule has 1 aromatic carbocycles. The maximum absolute atomic E-state index is 13.6. The van der Waals surface area contributed by atoms with Gasteiger partial charge in [-0.1, -0.05) is 18.9 Å². The molecule has 0 bridgehead atoms. The minimum Gasteiger partial charge on any atom is -0.374 e. The minimum absolute atomic E-state index is 0.0458. The summed E-state index contributed by atoms with van der Waals surface area (Å²) < 4.78 is 2.09. The van der Waals surface area contributed by atoms with Crippen molar-refractivity contribution in [1.29, 1.82) is 0 Å². The van der Waals surface area contributed by atoms with Crippen molar-refractivity contribution in [3.63, 3.8) is 0 Å². The Bertz CT molecular complexity index is 2170. The van der Waals surface area contributed by atoms with Gasteiger partial charge in [0.15, 0.2) is 0 Å². The number of fused-ring (bicyclic) bond motifs is 2. The topological polar surface area (TPSA) is 178 Å². The molecule has 0 radical (unpaired) electrons. The molecule has 2 saturated heterocycles. The summed E-state index contributed by atoms with van der Waals surface area (Å²) in [6, 6.07) is 10.1. The van der Waals surface area contributed by atoms with Crippen LogP contribution >= 0.6 is 0 Å². The number of carbonyl (C=O) groups excluding carboxylic acids is 5. The van der Waals surface area contributed by atoms with Gasteiger partial charge in [0.25, 0.3) is 11.8 Å². The maximum Gasteiger partial charge on any atom is 0.270 e.